The molecule has 0 bridgehead atoms. The molecule has 0 fully saturated rings. The quantitative estimate of drug-likeness (QED) is 0.622. The number of hydrogen-bond donors (Lipinski definition) is 0. The molecular weight excluding hydrogens is 283 g/mol. The van der Waals surface area contributed by atoms with Gasteiger partial charge in [0.15, 0.2) is 0 Å². The van der Waals surface area contributed by atoms with Crippen LogP contribution in [0.3, 0.4) is 0 Å². The Hall–Kier alpha value is -1.45. The Balaban J connectivity index is 2.16. The summed E-state index contributed by atoms with van der Waals surface area (Å²) >= 11 is -0.00516. The van der Waals surface area contributed by atoms with Gasteiger partial charge in [-0.25, -0.2) is 0 Å². The molecule has 0 aliphatic rings. The topological polar surface area (TPSA) is 52.1 Å². The number of ether oxygens (including phenoxy) is 1. The molecule has 0 saturated carbocycles. The molecule has 1 aromatic carbocycles. The number of carbonyl (C=O) groups excluding carboxylic acids is 1. The second-order valence-corrected chi connectivity index (χ2v) is 5.31. The second-order valence-electron chi connectivity index (χ2n) is 3.29. The third-order valence-corrected chi connectivity index (χ3v) is 4.19. The summed E-state index contributed by atoms with van der Waals surface area (Å²) < 4.78 is 5.86. The van der Waals surface area contributed by atoms with E-state index in [1.165, 1.54) is 0 Å². The first kappa shape index (κ1) is 12.0. The van der Waals surface area contributed by atoms with Gasteiger partial charge >= 0.3 is 105 Å². The van der Waals surface area contributed by atoms with Crippen LogP contribution in [0.5, 0.6) is 0 Å². The van der Waals surface area contributed by atoms with Crippen LogP contribution in [0.1, 0.15) is 6.92 Å². The maximum atomic E-state index is 11.3. The molecule has 4 nitrogen and oxygen atoms in total. The zero-order valence-corrected chi connectivity index (χ0v) is 11.1. The predicted molar refractivity (Wildman–Crippen MR) is 66.4 cm³/mol. The summed E-state index contributed by atoms with van der Waals surface area (Å²) in [7, 11) is 0. The van der Waals surface area contributed by atoms with Crippen LogP contribution in [0.4, 0.5) is 0 Å². The van der Waals surface area contributed by atoms with Gasteiger partial charge in [0.2, 0.25) is 0 Å². The van der Waals surface area contributed by atoms with E-state index in [-0.39, 0.29) is 20.9 Å². The van der Waals surface area contributed by atoms with Crippen LogP contribution < -0.4 is 4.59 Å². The Bertz CT molecular complexity index is 525. The Morgan fingerprint density at radius 3 is 3.00 bits per heavy atom. The van der Waals surface area contributed by atoms with Gasteiger partial charge in [-0.15, -0.1) is 0 Å². The van der Waals surface area contributed by atoms with E-state index in [9.17, 15) is 4.79 Å². The zero-order chi connectivity index (χ0) is 12.1. The van der Waals surface area contributed by atoms with Crippen LogP contribution >= 0.6 is 0 Å². The summed E-state index contributed by atoms with van der Waals surface area (Å²) in [6.45, 7) is 2.24. The average molecular weight is 295 g/mol. The summed E-state index contributed by atoms with van der Waals surface area (Å²) in [5.41, 5.74) is 0.920. The molecule has 2 rings (SSSR count). The van der Waals surface area contributed by atoms with Gasteiger partial charge in [-0.2, -0.15) is 0 Å². The van der Waals surface area contributed by atoms with Crippen LogP contribution in [0.25, 0.3) is 10.9 Å². The first-order chi connectivity index (χ1) is 8.31. The number of esters is 1. The third-order valence-electron chi connectivity index (χ3n) is 2.14. The molecule has 88 valence electrons. The Morgan fingerprint density at radius 1 is 1.35 bits per heavy atom. The molecule has 17 heavy (non-hydrogen) atoms. The molecule has 0 unspecified atom stereocenters. The minimum atomic E-state index is -0.157. The molecule has 0 aliphatic heterocycles. The van der Waals surface area contributed by atoms with Gasteiger partial charge in [0.25, 0.3) is 0 Å². The predicted octanol–water partition coefficient (Wildman–Crippen LogP) is 0.941. The normalized spacial score (nSPS) is 10.4. The number of rotatable bonds is 4. The van der Waals surface area contributed by atoms with Crippen LogP contribution in [0, 0.1) is 0 Å². The van der Waals surface area contributed by atoms with Crippen LogP contribution in [-0.2, 0) is 9.53 Å². The van der Waals surface area contributed by atoms with Crippen molar-refractivity contribution < 1.29 is 9.53 Å². The molecular formula is C12H12N2O2Se. The number of hydrogen-bond acceptors (Lipinski definition) is 4. The number of aromatic nitrogens is 2. The van der Waals surface area contributed by atoms with Crippen molar-refractivity contribution in [3.8, 4) is 0 Å². The van der Waals surface area contributed by atoms with Crippen molar-refractivity contribution in [2.75, 3.05) is 6.61 Å². The molecule has 5 heteroatoms. The van der Waals surface area contributed by atoms with Crippen molar-refractivity contribution in [3.63, 3.8) is 0 Å². The Morgan fingerprint density at radius 2 is 2.18 bits per heavy atom. The average Bonchev–Trinajstić information content (AvgIpc) is 2.36. The number of fused-ring (bicyclic) bond motifs is 1. The SMILES string of the molecule is CCOC(=O)C[Se]c1ncnc2ccccc12. The van der Waals surface area contributed by atoms with Crippen LogP contribution in [0.2, 0.25) is 5.32 Å². The fraction of sp³-hybridized carbons (Fsp3) is 0.250. The van der Waals surface area contributed by atoms with Crippen LogP contribution in [0.15, 0.2) is 30.6 Å². The van der Waals surface area contributed by atoms with E-state index in [0.717, 1.165) is 15.5 Å². The van der Waals surface area contributed by atoms with E-state index in [2.05, 4.69) is 9.97 Å². The fourth-order valence-corrected chi connectivity index (χ4v) is 3.08. The zero-order valence-electron chi connectivity index (χ0n) is 9.42. The maximum absolute atomic E-state index is 11.3. The summed E-state index contributed by atoms with van der Waals surface area (Å²) in [5.74, 6) is -0.157. The van der Waals surface area contributed by atoms with Gasteiger partial charge in [-0.3, -0.25) is 0 Å². The molecule has 0 radical (unpaired) electrons. The minimum absolute atomic E-state index is 0.00516. The van der Waals surface area contributed by atoms with Gasteiger partial charge in [0.05, 0.1) is 0 Å². The Labute approximate surface area is 106 Å². The molecule has 0 N–H and O–H groups in total. The first-order valence-electron chi connectivity index (χ1n) is 5.29. The van der Waals surface area contributed by atoms with Crippen molar-refractivity contribution in [2.24, 2.45) is 0 Å². The molecule has 2 aromatic rings. The fourth-order valence-electron chi connectivity index (χ4n) is 1.43. The van der Waals surface area contributed by atoms with Crippen LogP contribution in [-0.4, -0.2) is 37.5 Å². The standard InChI is InChI=1S/C12H12N2O2Se/c1-2-16-11(15)7-17-12-9-5-3-4-6-10(9)13-8-14-12/h3-6,8H,2,7H2,1H3. The van der Waals surface area contributed by atoms with Gasteiger partial charge in [-0.1, -0.05) is 0 Å². The number of para-hydroxylation sites is 1. The Kier molecular flexibility index (Phi) is 4.07. The van der Waals surface area contributed by atoms with Crippen molar-refractivity contribution in [2.45, 2.75) is 12.2 Å². The van der Waals surface area contributed by atoms with Crippen molar-refractivity contribution in [1.29, 1.82) is 0 Å². The van der Waals surface area contributed by atoms with E-state index in [0.29, 0.717) is 11.9 Å². The van der Waals surface area contributed by atoms with Crippen molar-refractivity contribution in [1.82, 2.24) is 9.97 Å². The third kappa shape index (κ3) is 3.02. The van der Waals surface area contributed by atoms with E-state index >= 15 is 0 Å². The summed E-state index contributed by atoms with van der Waals surface area (Å²) in [6.07, 6.45) is 1.55. The summed E-state index contributed by atoms with van der Waals surface area (Å²) in [6, 6.07) is 7.83. The second kappa shape index (κ2) is 5.75. The van der Waals surface area contributed by atoms with Gasteiger partial charge in [-0.05, 0) is 0 Å². The van der Waals surface area contributed by atoms with E-state index in [1.54, 1.807) is 6.33 Å². The van der Waals surface area contributed by atoms with Gasteiger partial charge in [0.1, 0.15) is 0 Å². The number of nitrogens with zero attached hydrogens (tertiary/aromatic N) is 2. The summed E-state index contributed by atoms with van der Waals surface area (Å²) in [5, 5.41) is 1.45. The van der Waals surface area contributed by atoms with Crippen molar-refractivity contribution in [3.05, 3.63) is 30.6 Å². The molecule has 1 aromatic heterocycles. The monoisotopic (exact) mass is 296 g/mol. The molecule has 0 spiro atoms. The molecule has 0 amide bonds. The van der Waals surface area contributed by atoms with E-state index < -0.39 is 0 Å². The molecule has 0 saturated heterocycles. The van der Waals surface area contributed by atoms with Gasteiger partial charge in [0, 0.05) is 0 Å². The molecule has 1 heterocycles. The van der Waals surface area contributed by atoms with Crippen molar-refractivity contribution >= 4 is 36.4 Å². The number of benzene rings is 1. The number of carbonyl (C=O) groups is 1. The van der Waals surface area contributed by atoms with E-state index in [4.69, 9.17) is 4.74 Å². The molecule has 0 atom stereocenters. The van der Waals surface area contributed by atoms with Gasteiger partial charge < -0.3 is 0 Å². The first-order valence-corrected chi connectivity index (χ1v) is 7.36. The molecule has 0 aliphatic carbocycles. The van der Waals surface area contributed by atoms with E-state index in [1.807, 2.05) is 31.2 Å². The summed E-state index contributed by atoms with van der Waals surface area (Å²) in [4.78, 5) is 19.7.